The van der Waals surface area contributed by atoms with Gasteiger partial charge >= 0.3 is 5.97 Å². The van der Waals surface area contributed by atoms with Gasteiger partial charge in [0.15, 0.2) is 0 Å². The van der Waals surface area contributed by atoms with Gasteiger partial charge < -0.3 is 10.2 Å². The van der Waals surface area contributed by atoms with Crippen LogP contribution in [-0.4, -0.2) is 22.2 Å². The number of aliphatic carboxylic acids is 1. The minimum absolute atomic E-state index is 0.0206. The number of carbonyl (C=O) groups is 1. The highest BCUT2D eigenvalue weighted by Crippen LogP contribution is 2.34. The van der Waals surface area contributed by atoms with Crippen LogP contribution in [-0.2, 0) is 4.79 Å². The van der Waals surface area contributed by atoms with Crippen LogP contribution in [0.3, 0.4) is 0 Å². The minimum Gasteiger partial charge on any atom is -0.508 e. The lowest BCUT2D eigenvalue weighted by atomic mass is 10.0. The zero-order valence-electron chi connectivity index (χ0n) is 10.5. The lowest BCUT2D eigenvalue weighted by Crippen LogP contribution is -2.40. The van der Waals surface area contributed by atoms with Gasteiger partial charge in [0, 0.05) is 6.04 Å². The topological polar surface area (TPSA) is 69.6 Å². The molecule has 1 aromatic rings. The van der Waals surface area contributed by atoms with E-state index in [-0.39, 0.29) is 17.7 Å². The van der Waals surface area contributed by atoms with E-state index < -0.39 is 12.0 Å². The van der Waals surface area contributed by atoms with Crippen molar-refractivity contribution in [2.75, 3.05) is 0 Å². The van der Waals surface area contributed by atoms with Crippen LogP contribution in [0, 0.1) is 5.92 Å². The number of carboxylic acids is 1. The second kappa shape index (κ2) is 5.40. The molecule has 1 fully saturated rings. The number of rotatable bonds is 6. The first-order valence-corrected chi connectivity index (χ1v) is 6.39. The first kappa shape index (κ1) is 12.9. The Morgan fingerprint density at radius 1 is 1.39 bits per heavy atom. The lowest BCUT2D eigenvalue weighted by Gasteiger charge is -2.22. The predicted molar refractivity (Wildman–Crippen MR) is 68.4 cm³/mol. The van der Waals surface area contributed by atoms with Crippen LogP contribution >= 0.6 is 0 Å². The summed E-state index contributed by atoms with van der Waals surface area (Å²) in [6.45, 7) is 2.02. The molecular weight excluding hydrogens is 230 g/mol. The van der Waals surface area contributed by atoms with Crippen molar-refractivity contribution >= 4 is 5.97 Å². The molecule has 0 aliphatic heterocycles. The molecule has 98 valence electrons. The van der Waals surface area contributed by atoms with E-state index in [9.17, 15) is 15.0 Å². The van der Waals surface area contributed by atoms with E-state index in [0.29, 0.717) is 0 Å². The Bertz CT molecular complexity index is 412. The highest BCUT2D eigenvalue weighted by molar-refractivity contribution is 5.74. The van der Waals surface area contributed by atoms with Crippen LogP contribution in [0.2, 0.25) is 0 Å². The molecular formula is C14H19NO3. The summed E-state index contributed by atoms with van der Waals surface area (Å²) in [5, 5.41) is 21.7. The predicted octanol–water partition coefficient (Wildman–Crippen LogP) is 2.30. The molecule has 0 spiro atoms. The number of hydrogen-bond acceptors (Lipinski definition) is 3. The Morgan fingerprint density at radius 3 is 2.44 bits per heavy atom. The van der Waals surface area contributed by atoms with Crippen LogP contribution in [0.4, 0.5) is 0 Å². The van der Waals surface area contributed by atoms with E-state index in [4.69, 9.17) is 0 Å². The normalized spacial score (nSPS) is 18.3. The van der Waals surface area contributed by atoms with E-state index in [1.165, 1.54) is 0 Å². The van der Waals surface area contributed by atoms with Gasteiger partial charge in [-0.15, -0.1) is 0 Å². The van der Waals surface area contributed by atoms with E-state index in [1.54, 1.807) is 12.1 Å². The fourth-order valence-electron chi connectivity index (χ4n) is 2.21. The molecule has 4 heteroatoms. The van der Waals surface area contributed by atoms with Crippen molar-refractivity contribution in [2.24, 2.45) is 5.92 Å². The average molecular weight is 249 g/mol. The maximum atomic E-state index is 11.2. The third-order valence-corrected chi connectivity index (χ3v) is 3.44. The summed E-state index contributed by atoms with van der Waals surface area (Å²) in [5.74, 6) is -0.269. The van der Waals surface area contributed by atoms with Crippen molar-refractivity contribution in [1.82, 2.24) is 5.32 Å². The number of hydrogen-bond donors (Lipinski definition) is 3. The molecule has 0 aromatic heterocycles. The van der Waals surface area contributed by atoms with Crippen LogP contribution in [0.25, 0.3) is 0 Å². The molecule has 3 N–H and O–H groups in total. The average Bonchev–Trinajstić information content (AvgIpc) is 3.16. The van der Waals surface area contributed by atoms with Gasteiger partial charge in [0.2, 0.25) is 0 Å². The molecule has 0 bridgehead atoms. The summed E-state index contributed by atoms with van der Waals surface area (Å²) in [5.41, 5.74) is 1.02. The van der Waals surface area contributed by atoms with Crippen molar-refractivity contribution in [1.29, 1.82) is 0 Å². The van der Waals surface area contributed by atoms with Crippen molar-refractivity contribution in [3.05, 3.63) is 29.8 Å². The molecule has 4 nitrogen and oxygen atoms in total. The molecule has 1 aliphatic carbocycles. The summed E-state index contributed by atoms with van der Waals surface area (Å²) < 4.78 is 0. The third-order valence-electron chi connectivity index (χ3n) is 3.44. The number of phenols is 1. The molecule has 2 atom stereocenters. The Kier molecular flexibility index (Phi) is 3.87. The fraction of sp³-hybridized carbons (Fsp3) is 0.500. The van der Waals surface area contributed by atoms with Gasteiger partial charge in [-0.25, -0.2) is 0 Å². The number of phenolic OH excluding ortho intramolecular Hbond substituents is 1. The molecule has 1 aliphatic rings. The molecule has 18 heavy (non-hydrogen) atoms. The molecule has 2 rings (SSSR count). The van der Waals surface area contributed by atoms with Gasteiger partial charge in [-0.2, -0.15) is 0 Å². The smallest absolute Gasteiger partial charge is 0.320 e. The van der Waals surface area contributed by atoms with E-state index in [1.807, 2.05) is 19.1 Å². The summed E-state index contributed by atoms with van der Waals surface area (Å²) >= 11 is 0. The largest absolute Gasteiger partial charge is 0.508 e. The summed E-state index contributed by atoms with van der Waals surface area (Å²) in [7, 11) is 0. The summed E-state index contributed by atoms with van der Waals surface area (Å²) in [6, 6.07) is 6.50. The molecule has 0 radical (unpaired) electrons. The highest BCUT2D eigenvalue weighted by Gasteiger charge is 2.37. The number of benzene rings is 1. The van der Waals surface area contributed by atoms with Crippen LogP contribution in [0.1, 0.15) is 37.8 Å². The Hall–Kier alpha value is -1.55. The van der Waals surface area contributed by atoms with Gasteiger partial charge in [0.25, 0.3) is 0 Å². The SMILES string of the molecule is CCC(NC(C(=O)O)C1CC1)c1ccc(O)cc1. The Labute approximate surface area is 107 Å². The second-order valence-electron chi connectivity index (χ2n) is 4.87. The molecule has 0 heterocycles. The van der Waals surface area contributed by atoms with E-state index in [2.05, 4.69) is 5.32 Å². The van der Waals surface area contributed by atoms with Gasteiger partial charge in [0.1, 0.15) is 11.8 Å². The van der Waals surface area contributed by atoms with Crippen molar-refractivity contribution in [3.63, 3.8) is 0 Å². The van der Waals surface area contributed by atoms with Crippen molar-refractivity contribution < 1.29 is 15.0 Å². The fourth-order valence-corrected chi connectivity index (χ4v) is 2.21. The monoisotopic (exact) mass is 249 g/mol. The zero-order valence-corrected chi connectivity index (χ0v) is 10.5. The quantitative estimate of drug-likeness (QED) is 0.723. The standard InChI is InChI=1S/C14H19NO3/c1-2-12(9-5-7-11(16)8-6-9)15-13(14(17)18)10-3-4-10/h5-8,10,12-13,15-16H,2-4H2,1H3,(H,17,18). The summed E-state index contributed by atoms with van der Waals surface area (Å²) in [4.78, 5) is 11.2. The lowest BCUT2D eigenvalue weighted by molar-refractivity contribution is -0.140. The zero-order chi connectivity index (χ0) is 13.1. The maximum absolute atomic E-state index is 11.2. The van der Waals surface area contributed by atoms with Gasteiger partial charge in [-0.05, 0) is 42.9 Å². The van der Waals surface area contributed by atoms with Crippen LogP contribution in [0.5, 0.6) is 5.75 Å². The first-order chi connectivity index (χ1) is 8.61. The van der Waals surface area contributed by atoms with Crippen molar-refractivity contribution in [2.45, 2.75) is 38.3 Å². The Morgan fingerprint density at radius 2 is 2.00 bits per heavy atom. The van der Waals surface area contributed by atoms with E-state index >= 15 is 0 Å². The number of aromatic hydroxyl groups is 1. The van der Waals surface area contributed by atoms with Crippen molar-refractivity contribution in [3.8, 4) is 5.75 Å². The molecule has 2 unspecified atom stereocenters. The Balaban J connectivity index is 2.08. The minimum atomic E-state index is -0.769. The van der Waals surface area contributed by atoms with Gasteiger partial charge in [-0.1, -0.05) is 19.1 Å². The number of carboxylic acid groups (broad SMARTS) is 1. The van der Waals surface area contributed by atoms with Gasteiger partial charge in [-0.3, -0.25) is 10.1 Å². The van der Waals surface area contributed by atoms with Crippen LogP contribution in [0.15, 0.2) is 24.3 Å². The first-order valence-electron chi connectivity index (χ1n) is 6.39. The summed E-state index contributed by atoms with van der Waals surface area (Å²) in [6.07, 6.45) is 2.81. The maximum Gasteiger partial charge on any atom is 0.320 e. The molecule has 0 saturated heterocycles. The third kappa shape index (κ3) is 3.01. The number of nitrogens with one attached hydrogen (secondary N) is 1. The second-order valence-corrected chi connectivity index (χ2v) is 4.87. The molecule has 1 saturated carbocycles. The molecule has 1 aromatic carbocycles. The van der Waals surface area contributed by atoms with Crippen LogP contribution < -0.4 is 5.32 Å². The highest BCUT2D eigenvalue weighted by atomic mass is 16.4. The van der Waals surface area contributed by atoms with E-state index in [0.717, 1.165) is 24.8 Å². The molecule has 0 amide bonds. The van der Waals surface area contributed by atoms with Gasteiger partial charge in [0.05, 0.1) is 0 Å².